The molecule has 0 saturated heterocycles. The maximum atomic E-state index is 14.2. The Labute approximate surface area is 173 Å². The Kier molecular flexibility index (Phi) is 5.93. The highest BCUT2D eigenvalue weighted by molar-refractivity contribution is 5.37. The molecular weight excluding hydrogens is 365 g/mol. The molecule has 2 aliphatic carbocycles. The van der Waals surface area contributed by atoms with Gasteiger partial charge in [0.2, 0.25) is 0 Å². The highest BCUT2D eigenvalue weighted by atomic mass is 19.1. The quantitative estimate of drug-likeness (QED) is 0.753. The van der Waals surface area contributed by atoms with Gasteiger partial charge in [0.15, 0.2) is 0 Å². The summed E-state index contributed by atoms with van der Waals surface area (Å²) < 4.78 is 19.5. The van der Waals surface area contributed by atoms with E-state index in [0.29, 0.717) is 23.1 Å². The molecule has 1 saturated carbocycles. The van der Waals surface area contributed by atoms with Crippen molar-refractivity contribution in [1.29, 1.82) is 0 Å². The lowest BCUT2D eigenvalue weighted by atomic mass is 9.79. The number of methoxy groups -OCH3 is 1. The van der Waals surface area contributed by atoms with E-state index >= 15 is 0 Å². The van der Waals surface area contributed by atoms with Crippen molar-refractivity contribution < 1.29 is 14.2 Å². The molecule has 0 aliphatic heterocycles. The van der Waals surface area contributed by atoms with E-state index in [0.717, 1.165) is 51.4 Å². The van der Waals surface area contributed by atoms with Crippen LogP contribution >= 0.6 is 0 Å². The molecule has 29 heavy (non-hydrogen) atoms. The fraction of sp³-hybridized carbons (Fsp3) is 0.520. The number of hydrogen-bond donors (Lipinski definition) is 2. The molecule has 2 aliphatic rings. The molecule has 0 aromatic heterocycles. The van der Waals surface area contributed by atoms with Gasteiger partial charge in [-0.2, -0.15) is 0 Å². The van der Waals surface area contributed by atoms with Crippen LogP contribution in [0.5, 0.6) is 5.75 Å². The molecular formula is C25H32FNO2. The summed E-state index contributed by atoms with van der Waals surface area (Å²) in [4.78, 5) is 0. The van der Waals surface area contributed by atoms with Gasteiger partial charge in [-0.25, -0.2) is 4.39 Å². The second-order valence-corrected chi connectivity index (χ2v) is 9.06. The number of aryl methyl sites for hydroxylation is 1. The lowest BCUT2D eigenvalue weighted by Gasteiger charge is -2.26. The van der Waals surface area contributed by atoms with Crippen LogP contribution in [0.3, 0.4) is 0 Å². The average molecular weight is 398 g/mol. The van der Waals surface area contributed by atoms with Crippen molar-refractivity contribution in [3.63, 3.8) is 0 Å². The third kappa shape index (κ3) is 4.34. The largest absolute Gasteiger partial charge is 0.496 e. The van der Waals surface area contributed by atoms with Crippen LogP contribution in [-0.2, 0) is 19.3 Å². The van der Waals surface area contributed by atoms with Crippen LogP contribution < -0.4 is 10.5 Å². The zero-order chi connectivity index (χ0) is 20.4. The average Bonchev–Trinajstić information content (AvgIpc) is 3.15. The summed E-state index contributed by atoms with van der Waals surface area (Å²) in [5.41, 5.74) is 10.8. The standard InChI is InChI=1S/C25H32FNO2/c1-29-24-4-2-3-23(26)22(24)10-6-17-5-7-19-14-20(9-8-18(19)13-17)21-11-12-25(27,15-21)16-28/h2-4,8-9,14,17,21,28H,5-7,10-13,15-16,27H2,1H3/t17-,21+,25+/m0/s1. The third-order valence-corrected chi connectivity index (χ3v) is 7.09. The number of fused-ring (bicyclic) bond motifs is 1. The number of hydrogen-bond acceptors (Lipinski definition) is 3. The number of aliphatic hydroxyl groups excluding tert-OH is 1. The Bertz CT molecular complexity index is 868. The topological polar surface area (TPSA) is 55.5 Å². The predicted molar refractivity (Wildman–Crippen MR) is 114 cm³/mol. The summed E-state index contributed by atoms with van der Waals surface area (Å²) in [5, 5.41) is 9.54. The Morgan fingerprint density at radius 3 is 2.83 bits per heavy atom. The number of nitrogens with two attached hydrogens (primary N) is 1. The first-order valence-electron chi connectivity index (χ1n) is 10.8. The van der Waals surface area contributed by atoms with Crippen molar-refractivity contribution >= 4 is 0 Å². The first kappa shape index (κ1) is 20.4. The van der Waals surface area contributed by atoms with Gasteiger partial charge < -0.3 is 15.6 Å². The van der Waals surface area contributed by atoms with Crippen molar-refractivity contribution in [1.82, 2.24) is 0 Å². The van der Waals surface area contributed by atoms with Crippen molar-refractivity contribution in [3.8, 4) is 5.75 Å². The van der Waals surface area contributed by atoms with Gasteiger partial charge in [-0.3, -0.25) is 0 Å². The zero-order valence-corrected chi connectivity index (χ0v) is 17.3. The molecule has 3 N–H and O–H groups in total. The fourth-order valence-corrected chi connectivity index (χ4v) is 5.26. The summed E-state index contributed by atoms with van der Waals surface area (Å²) in [6.07, 6.45) is 7.82. The highest BCUT2D eigenvalue weighted by Crippen LogP contribution is 2.41. The first-order chi connectivity index (χ1) is 14.0. The van der Waals surface area contributed by atoms with Gasteiger partial charge in [-0.1, -0.05) is 24.3 Å². The molecule has 2 aromatic rings. The second kappa shape index (κ2) is 8.45. The fourth-order valence-electron chi connectivity index (χ4n) is 5.26. The molecule has 4 rings (SSSR count). The number of halogens is 1. The molecule has 0 bridgehead atoms. The van der Waals surface area contributed by atoms with Crippen molar-refractivity contribution in [2.24, 2.45) is 11.7 Å². The Balaban J connectivity index is 1.40. The van der Waals surface area contributed by atoms with Gasteiger partial charge in [0, 0.05) is 11.1 Å². The number of ether oxygens (including phenoxy) is 1. The second-order valence-electron chi connectivity index (χ2n) is 9.06. The molecule has 0 spiro atoms. The van der Waals surface area contributed by atoms with Crippen molar-refractivity contribution in [2.45, 2.75) is 62.8 Å². The monoisotopic (exact) mass is 397 g/mol. The number of rotatable bonds is 6. The Morgan fingerprint density at radius 1 is 1.21 bits per heavy atom. The Morgan fingerprint density at radius 2 is 2.07 bits per heavy atom. The Hall–Kier alpha value is -1.91. The van der Waals surface area contributed by atoms with E-state index in [2.05, 4.69) is 18.2 Å². The van der Waals surface area contributed by atoms with Gasteiger partial charge >= 0.3 is 0 Å². The van der Waals surface area contributed by atoms with Crippen LogP contribution in [0.1, 0.15) is 60.3 Å². The maximum absolute atomic E-state index is 14.2. The summed E-state index contributed by atoms with van der Waals surface area (Å²) in [5.74, 6) is 1.53. The van der Waals surface area contributed by atoms with E-state index in [1.807, 2.05) is 6.07 Å². The molecule has 156 valence electrons. The van der Waals surface area contributed by atoms with Crippen LogP contribution in [0.4, 0.5) is 4.39 Å². The van der Waals surface area contributed by atoms with Gasteiger partial charge in [-0.05, 0) is 92.0 Å². The molecule has 0 amide bonds. The number of aliphatic hydroxyl groups is 1. The SMILES string of the molecule is COc1cccc(F)c1CC[C@@H]1CCc2cc([C@@H]3CC[C@](N)(CO)C3)ccc2C1. The van der Waals surface area contributed by atoms with E-state index in [1.165, 1.54) is 22.8 Å². The molecule has 0 unspecified atom stereocenters. The van der Waals surface area contributed by atoms with Gasteiger partial charge in [-0.15, -0.1) is 0 Å². The predicted octanol–water partition coefficient (Wildman–Crippen LogP) is 4.53. The van der Waals surface area contributed by atoms with Crippen LogP contribution in [0.15, 0.2) is 36.4 Å². The summed E-state index contributed by atoms with van der Waals surface area (Å²) in [6, 6.07) is 12.0. The van der Waals surface area contributed by atoms with Crippen LogP contribution in [-0.4, -0.2) is 24.4 Å². The van der Waals surface area contributed by atoms with E-state index in [1.54, 1.807) is 13.2 Å². The molecule has 1 fully saturated rings. The van der Waals surface area contributed by atoms with E-state index in [-0.39, 0.29) is 12.4 Å². The minimum atomic E-state index is -0.403. The van der Waals surface area contributed by atoms with Gasteiger partial charge in [0.05, 0.1) is 13.7 Å². The van der Waals surface area contributed by atoms with Crippen LogP contribution in [0.2, 0.25) is 0 Å². The first-order valence-corrected chi connectivity index (χ1v) is 10.8. The smallest absolute Gasteiger partial charge is 0.130 e. The summed E-state index contributed by atoms with van der Waals surface area (Å²) >= 11 is 0. The summed E-state index contributed by atoms with van der Waals surface area (Å²) in [6.45, 7) is 0.0723. The third-order valence-electron chi connectivity index (χ3n) is 7.09. The normalized spacial score (nSPS) is 26.3. The minimum Gasteiger partial charge on any atom is -0.496 e. The highest BCUT2D eigenvalue weighted by Gasteiger charge is 2.36. The molecule has 0 radical (unpaired) electrons. The van der Waals surface area contributed by atoms with E-state index in [9.17, 15) is 9.50 Å². The van der Waals surface area contributed by atoms with E-state index < -0.39 is 5.54 Å². The van der Waals surface area contributed by atoms with Crippen LogP contribution in [0.25, 0.3) is 0 Å². The molecule has 4 heteroatoms. The molecule has 2 aromatic carbocycles. The molecule has 3 atom stereocenters. The van der Waals surface area contributed by atoms with Crippen LogP contribution in [0, 0.1) is 11.7 Å². The molecule has 3 nitrogen and oxygen atoms in total. The lowest BCUT2D eigenvalue weighted by molar-refractivity contribution is 0.198. The molecule has 0 heterocycles. The number of benzene rings is 2. The lowest BCUT2D eigenvalue weighted by Crippen LogP contribution is -2.40. The van der Waals surface area contributed by atoms with Crippen molar-refractivity contribution in [3.05, 3.63) is 64.5 Å². The zero-order valence-electron chi connectivity index (χ0n) is 17.3. The van der Waals surface area contributed by atoms with Gasteiger partial charge in [0.25, 0.3) is 0 Å². The van der Waals surface area contributed by atoms with Gasteiger partial charge in [0.1, 0.15) is 11.6 Å². The van der Waals surface area contributed by atoms with Crippen molar-refractivity contribution in [2.75, 3.05) is 13.7 Å². The summed E-state index contributed by atoms with van der Waals surface area (Å²) in [7, 11) is 1.60. The van der Waals surface area contributed by atoms with E-state index in [4.69, 9.17) is 10.5 Å². The minimum absolute atomic E-state index is 0.0723. The maximum Gasteiger partial charge on any atom is 0.130 e.